The molecule has 0 bridgehead atoms. The highest BCUT2D eigenvalue weighted by Crippen LogP contribution is 2.21. The van der Waals surface area contributed by atoms with Gasteiger partial charge in [0, 0.05) is 24.3 Å². The first-order chi connectivity index (χ1) is 9.63. The summed E-state index contributed by atoms with van der Waals surface area (Å²) in [6.07, 6.45) is 1.13. The highest BCUT2D eigenvalue weighted by Gasteiger charge is 2.12. The zero-order valence-corrected chi connectivity index (χ0v) is 13.4. The van der Waals surface area contributed by atoms with Gasteiger partial charge in [-0.15, -0.1) is 0 Å². The predicted molar refractivity (Wildman–Crippen MR) is 86.7 cm³/mol. The van der Waals surface area contributed by atoms with E-state index in [1.54, 1.807) is 6.92 Å². The van der Waals surface area contributed by atoms with Crippen molar-refractivity contribution < 1.29 is 4.79 Å². The normalized spacial score (nSPS) is 10.8. The lowest BCUT2D eigenvalue weighted by molar-refractivity contribution is 0.101. The fourth-order valence-electron chi connectivity index (χ4n) is 2.52. The zero-order chi connectivity index (χ0) is 15.0. The third-order valence-corrected chi connectivity index (χ3v) is 3.80. The van der Waals surface area contributed by atoms with E-state index in [-0.39, 0.29) is 5.78 Å². The Kier molecular flexibility index (Phi) is 7.31. The lowest BCUT2D eigenvalue weighted by atomic mass is 10.1. The SMILES string of the molecule is CCN(CC)CCCN(CC)c1ccccc1C(C)=O. The number of para-hydroxylation sites is 1. The average molecular weight is 276 g/mol. The van der Waals surface area contributed by atoms with Crippen LogP contribution in [0.15, 0.2) is 24.3 Å². The van der Waals surface area contributed by atoms with Gasteiger partial charge in [-0.1, -0.05) is 26.0 Å². The van der Waals surface area contributed by atoms with Crippen LogP contribution in [0.2, 0.25) is 0 Å². The third-order valence-electron chi connectivity index (χ3n) is 3.80. The zero-order valence-electron chi connectivity index (χ0n) is 13.4. The molecule has 1 rings (SSSR count). The molecule has 20 heavy (non-hydrogen) atoms. The Hall–Kier alpha value is -1.35. The van der Waals surface area contributed by atoms with Crippen molar-refractivity contribution in [3.05, 3.63) is 29.8 Å². The van der Waals surface area contributed by atoms with E-state index in [4.69, 9.17) is 0 Å². The second-order valence-corrected chi connectivity index (χ2v) is 5.03. The average Bonchev–Trinajstić information content (AvgIpc) is 2.47. The third kappa shape index (κ3) is 4.64. The summed E-state index contributed by atoms with van der Waals surface area (Å²) >= 11 is 0. The molecular weight excluding hydrogens is 248 g/mol. The molecule has 0 radical (unpaired) electrons. The summed E-state index contributed by atoms with van der Waals surface area (Å²) < 4.78 is 0. The maximum atomic E-state index is 11.7. The Morgan fingerprint density at radius 3 is 2.20 bits per heavy atom. The number of anilines is 1. The maximum Gasteiger partial charge on any atom is 0.161 e. The summed E-state index contributed by atoms with van der Waals surface area (Å²) in [7, 11) is 0. The molecule has 0 fully saturated rings. The lowest BCUT2D eigenvalue weighted by Crippen LogP contribution is -2.30. The van der Waals surface area contributed by atoms with E-state index in [0.717, 1.165) is 50.4 Å². The lowest BCUT2D eigenvalue weighted by Gasteiger charge is -2.26. The number of rotatable bonds is 9. The van der Waals surface area contributed by atoms with Gasteiger partial charge in [0.05, 0.1) is 0 Å². The summed E-state index contributed by atoms with van der Waals surface area (Å²) in [6, 6.07) is 7.92. The van der Waals surface area contributed by atoms with E-state index in [0.29, 0.717) is 0 Å². The van der Waals surface area contributed by atoms with Crippen LogP contribution in [0.25, 0.3) is 0 Å². The van der Waals surface area contributed by atoms with Crippen molar-refractivity contribution in [1.82, 2.24) is 4.90 Å². The van der Waals surface area contributed by atoms with Crippen LogP contribution in [0.4, 0.5) is 5.69 Å². The highest BCUT2D eigenvalue weighted by molar-refractivity contribution is 5.99. The van der Waals surface area contributed by atoms with Crippen LogP contribution >= 0.6 is 0 Å². The molecule has 0 heterocycles. The van der Waals surface area contributed by atoms with Crippen molar-refractivity contribution in [1.29, 1.82) is 0 Å². The van der Waals surface area contributed by atoms with E-state index < -0.39 is 0 Å². The van der Waals surface area contributed by atoms with Crippen LogP contribution in [0.1, 0.15) is 44.5 Å². The number of Topliss-reactive ketones (excluding diaryl/α,β-unsaturated/α-hetero) is 1. The summed E-state index contributed by atoms with van der Waals surface area (Å²) in [5.74, 6) is 0.141. The van der Waals surface area contributed by atoms with Crippen LogP contribution < -0.4 is 4.90 Å². The molecule has 0 N–H and O–H groups in total. The van der Waals surface area contributed by atoms with Crippen LogP contribution in [0, 0.1) is 0 Å². The van der Waals surface area contributed by atoms with Crippen molar-refractivity contribution in [2.75, 3.05) is 37.6 Å². The van der Waals surface area contributed by atoms with Gasteiger partial charge < -0.3 is 9.80 Å². The van der Waals surface area contributed by atoms with Gasteiger partial charge in [-0.25, -0.2) is 0 Å². The first-order valence-corrected chi connectivity index (χ1v) is 7.71. The van der Waals surface area contributed by atoms with E-state index in [9.17, 15) is 4.79 Å². The van der Waals surface area contributed by atoms with Crippen LogP contribution in [0.5, 0.6) is 0 Å². The summed E-state index contributed by atoms with van der Waals surface area (Å²) in [6.45, 7) is 13.4. The molecule has 1 aromatic carbocycles. The van der Waals surface area contributed by atoms with E-state index in [1.165, 1.54) is 0 Å². The van der Waals surface area contributed by atoms with Gasteiger partial charge in [0.25, 0.3) is 0 Å². The number of benzene rings is 1. The highest BCUT2D eigenvalue weighted by atomic mass is 16.1. The molecule has 0 spiro atoms. The number of carbonyl (C=O) groups is 1. The summed E-state index contributed by atoms with van der Waals surface area (Å²) in [5, 5.41) is 0. The largest absolute Gasteiger partial charge is 0.371 e. The Morgan fingerprint density at radius 2 is 1.65 bits per heavy atom. The van der Waals surface area contributed by atoms with Crippen molar-refractivity contribution in [2.24, 2.45) is 0 Å². The fraction of sp³-hybridized carbons (Fsp3) is 0.588. The quantitative estimate of drug-likeness (QED) is 0.645. The standard InChI is InChI=1S/C17H28N2O/c1-5-18(6-2)13-10-14-19(7-3)17-12-9-8-11-16(17)15(4)20/h8-9,11-12H,5-7,10,13-14H2,1-4H3. The minimum atomic E-state index is 0.141. The van der Waals surface area contributed by atoms with Gasteiger partial charge in [-0.05, 0) is 52.0 Å². The van der Waals surface area contributed by atoms with Crippen molar-refractivity contribution in [2.45, 2.75) is 34.1 Å². The van der Waals surface area contributed by atoms with Crippen molar-refractivity contribution in [3.63, 3.8) is 0 Å². The second kappa shape index (κ2) is 8.75. The summed E-state index contributed by atoms with van der Waals surface area (Å²) in [4.78, 5) is 16.5. The monoisotopic (exact) mass is 276 g/mol. The Morgan fingerprint density at radius 1 is 1.00 bits per heavy atom. The molecule has 0 unspecified atom stereocenters. The Labute approximate surface area is 123 Å². The van der Waals surface area contributed by atoms with Gasteiger partial charge in [-0.3, -0.25) is 4.79 Å². The molecule has 1 aromatic rings. The van der Waals surface area contributed by atoms with Gasteiger partial charge in [-0.2, -0.15) is 0 Å². The van der Waals surface area contributed by atoms with E-state index >= 15 is 0 Å². The van der Waals surface area contributed by atoms with Gasteiger partial charge in [0.15, 0.2) is 5.78 Å². The van der Waals surface area contributed by atoms with Crippen LogP contribution in [0.3, 0.4) is 0 Å². The first kappa shape index (κ1) is 16.7. The number of nitrogens with zero attached hydrogens (tertiary/aromatic N) is 2. The summed E-state index contributed by atoms with van der Waals surface area (Å²) in [5.41, 5.74) is 1.90. The minimum Gasteiger partial charge on any atom is -0.371 e. The molecule has 0 aliphatic carbocycles. The molecule has 3 heteroatoms. The van der Waals surface area contributed by atoms with Gasteiger partial charge in [0.2, 0.25) is 0 Å². The minimum absolute atomic E-state index is 0.141. The maximum absolute atomic E-state index is 11.7. The van der Waals surface area contributed by atoms with Crippen LogP contribution in [-0.4, -0.2) is 43.4 Å². The molecule has 112 valence electrons. The smallest absolute Gasteiger partial charge is 0.161 e. The van der Waals surface area contributed by atoms with Gasteiger partial charge >= 0.3 is 0 Å². The van der Waals surface area contributed by atoms with E-state index in [2.05, 4.69) is 36.6 Å². The molecule has 0 atom stereocenters. The Balaban J connectivity index is 2.69. The fourth-order valence-corrected chi connectivity index (χ4v) is 2.52. The number of hydrogen-bond acceptors (Lipinski definition) is 3. The molecule has 3 nitrogen and oxygen atoms in total. The topological polar surface area (TPSA) is 23.6 Å². The second-order valence-electron chi connectivity index (χ2n) is 5.03. The molecule has 0 aliphatic rings. The first-order valence-electron chi connectivity index (χ1n) is 7.71. The van der Waals surface area contributed by atoms with E-state index in [1.807, 2.05) is 18.2 Å². The predicted octanol–water partition coefficient (Wildman–Crippen LogP) is 3.45. The molecule has 0 aliphatic heterocycles. The molecule has 0 saturated heterocycles. The van der Waals surface area contributed by atoms with Gasteiger partial charge in [0.1, 0.15) is 0 Å². The number of hydrogen-bond donors (Lipinski definition) is 0. The van der Waals surface area contributed by atoms with Crippen LogP contribution in [-0.2, 0) is 0 Å². The van der Waals surface area contributed by atoms with Crippen molar-refractivity contribution >= 4 is 11.5 Å². The molecule has 0 aromatic heterocycles. The molecule has 0 amide bonds. The Bertz CT molecular complexity index is 413. The van der Waals surface area contributed by atoms with Crippen molar-refractivity contribution in [3.8, 4) is 0 Å². The molecule has 0 saturated carbocycles. The number of carbonyl (C=O) groups excluding carboxylic acids is 1. The number of ketones is 1. The molecular formula is C17H28N2O.